The van der Waals surface area contributed by atoms with Crippen LogP contribution in [0.4, 0.5) is 4.39 Å². The fourth-order valence-corrected chi connectivity index (χ4v) is 4.01. The first-order chi connectivity index (χ1) is 16.6. The summed E-state index contributed by atoms with van der Waals surface area (Å²) in [5.41, 5.74) is 11.1. The molecule has 0 saturated carbocycles. The minimum absolute atomic E-state index is 0.0853. The predicted octanol–water partition coefficient (Wildman–Crippen LogP) is 5.07. The zero-order chi connectivity index (χ0) is 23.8. The van der Waals surface area contributed by atoms with Gasteiger partial charge in [0.1, 0.15) is 5.82 Å². The number of benzene rings is 3. The average Bonchev–Trinajstić information content (AvgIpc) is 3.35. The molecule has 0 aliphatic carbocycles. The van der Waals surface area contributed by atoms with Crippen molar-refractivity contribution in [1.29, 1.82) is 0 Å². The molecule has 174 valence electrons. The first-order valence-corrected chi connectivity index (χ1v) is 11.5. The van der Waals surface area contributed by atoms with Gasteiger partial charge in [-0.05, 0) is 41.3 Å². The van der Waals surface area contributed by atoms with E-state index < -0.39 is 0 Å². The summed E-state index contributed by atoms with van der Waals surface area (Å²) in [7, 11) is 0. The third kappa shape index (κ3) is 6.04. The standard InChI is InChI=1S/C28H30FN5/c1-22(23-12-14-26(29)15-13-23)33(18-19-34-21-27(20-30)31-32-34)17-16-28(24-8-4-2-5-9-24)25-10-6-3-7-11-25/h2-16,21-22H,17-20,30H2,1H3/t22-/m1/s1. The van der Waals surface area contributed by atoms with E-state index in [1.807, 2.05) is 35.1 Å². The van der Waals surface area contributed by atoms with E-state index >= 15 is 0 Å². The highest BCUT2D eigenvalue weighted by Gasteiger charge is 2.16. The lowest BCUT2D eigenvalue weighted by atomic mass is 9.97. The lowest BCUT2D eigenvalue weighted by Gasteiger charge is -2.29. The Kier molecular flexibility index (Phi) is 7.96. The van der Waals surface area contributed by atoms with Crippen LogP contribution in [0.3, 0.4) is 0 Å². The maximum absolute atomic E-state index is 13.5. The van der Waals surface area contributed by atoms with Gasteiger partial charge in [0.25, 0.3) is 0 Å². The molecule has 0 unspecified atom stereocenters. The molecule has 5 nitrogen and oxygen atoms in total. The second kappa shape index (κ2) is 11.5. The molecule has 0 spiro atoms. The maximum Gasteiger partial charge on any atom is 0.123 e. The van der Waals surface area contributed by atoms with Crippen LogP contribution in [0.1, 0.15) is 35.3 Å². The van der Waals surface area contributed by atoms with Crippen molar-refractivity contribution in [3.8, 4) is 0 Å². The second-order valence-electron chi connectivity index (χ2n) is 8.25. The van der Waals surface area contributed by atoms with Crippen LogP contribution in [-0.2, 0) is 13.1 Å². The summed E-state index contributed by atoms with van der Waals surface area (Å²) in [6.45, 7) is 4.67. The van der Waals surface area contributed by atoms with E-state index in [9.17, 15) is 4.39 Å². The van der Waals surface area contributed by atoms with E-state index in [-0.39, 0.29) is 11.9 Å². The summed E-state index contributed by atoms with van der Waals surface area (Å²) in [6, 6.07) is 27.7. The van der Waals surface area contributed by atoms with Crippen molar-refractivity contribution in [3.63, 3.8) is 0 Å². The van der Waals surface area contributed by atoms with E-state index in [1.165, 1.54) is 28.8 Å². The Labute approximate surface area is 200 Å². The Morgan fingerprint density at radius 2 is 1.59 bits per heavy atom. The molecule has 34 heavy (non-hydrogen) atoms. The summed E-state index contributed by atoms with van der Waals surface area (Å²) in [6.07, 6.45) is 4.16. The molecule has 4 aromatic rings. The Morgan fingerprint density at radius 1 is 0.971 bits per heavy atom. The molecule has 2 N–H and O–H groups in total. The SMILES string of the molecule is C[C@H](c1ccc(F)cc1)N(CC=C(c1ccccc1)c1ccccc1)CCn1cc(CN)nn1. The highest BCUT2D eigenvalue weighted by atomic mass is 19.1. The van der Waals surface area contributed by atoms with Crippen LogP contribution >= 0.6 is 0 Å². The summed E-state index contributed by atoms with van der Waals surface area (Å²) < 4.78 is 15.4. The number of hydrogen-bond acceptors (Lipinski definition) is 4. The number of halogens is 1. The fraction of sp³-hybridized carbons (Fsp3) is 0.214. The van der Waals surface area contributed by atoms with Gasteiger partial charge < -0.3 is 5.73 Å². The van der Waals surface area contributed by atoms with Gasteiger partial charge in [0.2, 0.25) is 0 Å². The van der Waals surface area contributed by atoms with Crippen LogP contribution in [-0.4, -0.2) is 33.0 Å². The lowest BCUT2D eigenvalue weighted by Crippen LogP contribution is -2.31. The van der Waals surface area contributed by atoms with Gasteiger partial charge in [0, 0.05) is 31.9 Å². The first kappa shape index (κ1) is 23.5. The number of rotatable bonds is 10. The van der Waals surface area contributed by atoms with E-state index in [0.717, 1.165) is 24.3 Å². The van der Waals surface area contributed by atoms with Crippen molar-refractivity contribution >= 4 is 5.57 Å². The van der Waals surface area contributed by atoms with E-state index in [0.29, 0.717) is 13.1 Å². The Bertz CT molecular complexity index is 1140. The summed E-state index contributed by atoms with van der Waals surface area (Å²) in [5.74, 6) is -0.227. The molecule has 6 heteroatoms. The van der Waals surface area contributed by atoms with Crippen LogP contribution < -0.4 is 5.73 Å². The topological polar surface area (TPSA) is 60.0 Å². The molecule has 0 aliphatic heterocycles. The van der Waals surface area contributed by atoms with Gasteiger partial charge in [-0.25, -0.2) is 4.39 Å². The average molecular weight is 456 g/mol. The lowest BCUT2D eigenvalue weighted by molar-refractivity contribution is 0.221. The highest BCUT2D eigenvalue weighted by molar-refractivity contribution is 5.79. The molecule has 4 rings (SSSR count). The molecule has 0 aliphatic rings. The third-order valence-electron chi connectivity index (χ3n) is 6.01. The maximum atomic E-state index is 13.5. The monoisotopic (exact) mass is 455 g/mol. The van der Waals surface area contributed by atoms with Gasteiger partial charge in [-0.1, -0.05) is 84.1 Å². The van der Waals surface area contributed by atoms with Gasteiger partial charge in [-0.3, -0.25) is 9.58 Å². The van der Waals surface area contributed by atoms with Crippen LogP contribution in [0.25, 0.3) is 5.57 Å². The normalized spacial score (nSPS) is 12.0. The number of nitrogens with zero attached hydrogens (tertiary/aromatic N) is 4. The molecular weight excluding hydrogens is 425 g/mol. The first-order valence-electron chi connectivity index (χ1n) is 11.5. The van der Waals surface area contributed by atoms with Gasteiger partial charge in [0.15, 0.2) is 0 Å². The molecule has 1 heterocycles. The second-order valence-corrected chi connectivity index (χ2v) is 8.25. The number of nitrogens with two attached hydrogens (primary N) is 1. The molecule has 1 atom stereocenters. The molecular formula is C28H30FN5. The van der Waals surface area contributed by atoms with Crippen molar-refractivity contribution in [2.75, 3.05) is 13.1 Å². The molecule has 0 fully saturated rings. The molecule has 0 saturated heterocycles. The smallest absolute Gasteiger partial charge is 0.123 e. The number of aromatic nitrogens is 3. The Balaban J connectivity index is 1.62. The summed E-state index contributed by atoms with van der Waals surface area (Å²) in [4.78, 5) is 2.36. The van der Waals surface area contributed by atoms with Gasteiger partial charge in [-0.2, -0.15) is 0 Å². The fourth-order valence-electron chi connectivity index (χ4n) is 4.01. The van der Waals surface area contributed by atoms with Crippen LogP contribution in [0, 0.1) is 5.82 Å². The minimum Gasteiger partial charge on any atom is -0.325 e. The molecule has 0 radical (unpaired) electrons. The van der Waals surface area contributed by atoms with Crippen molar-refractivity contribution in [3.05, 3.63) is 125 Å². The number of hydrogen-bond donors (Lipinski definition) is 1. The van der Waals surface area contributed by atoms with Gasteiger partial charge in [-0.15, -0.1) is 5.10 Å². The molecule has 0 bridgehead atoms. The van der Waals surface area contributed by atoms with Gasteiger partial charge >= 0.3 is 0 Å². The molecule has 1 aromatic heterocycles. The Morgan fingerprint density at radius 3 is 2.15 bits per heavy atom. The summed E-state index contributed by atoms with van der Waals surface area (Å²) in [5, 5.41) is 8.28. The van der Waals surface area contributed by atoms with Crippen LogP contribution in [0.2, 0.25) is 0 Å². The van der Waals surface area contributed by atoms with Gasteiger partial charge in [0.05, 0.1) is 12.2 Å². The van der Waals surface area contributed by atoms with Crippen molar-refractivity contribution in [2.24, 2.45) is 5.73 Å². The van der Waals surface area contributed by atoms with Crippen LogP contribution in [0.15, 0.2) is 97.2 Å². The van der Waals surface area contributed by atoms with E-state index in [1.54, 1.807) is 0 Å². The Hall–Kier alpha value is -3.61. The van der Waals surface area contributed by atoms with Crippen LogP contribution in [0.5, 0.6) is 0 Å². The highest BCUT2D eigenvalue weighted by Crippen LogP contribution is 2.25. The molecule has 0 amide bonds. The van der Waals surface area contributed by atoms with Crippen molar-refractivity contribution in [2.45, 2.75) is 26.1 Å². The zero-order valence-corrected chi connectivity index (χ0v) is 19.4. The minimum atomic E-state index is -0.227. The molecule has 3 aromatic carbocycles. The zero-order valence-electron chi connectivity index (χ0n) is 19.4. The van der Waals surface area contributed by atoms with Crippen molar-refractivity contribution in [1.82, 2.24) is 19.9 Å². The quantitative estimate of drug-likeness (QED) is 0.363. The largest absolute Gasteiger partial charge is 0.325 e. The van der Waals surface area contributed by atoms with E-state index in [2.05, 4.69) is 76.7 Å². The summed E-state index contributed by atoms with van der Waals surface area (Å²) >= 11 is 0. The van der Waals surface area contributed by atoms with E-state index in [4.69, 9.17) is 5.73 Å². The third-order valence-corrected chi connectivity index (χ3v) is 6.01. The van der Waals surface area contributed by atoms with Crippen molar-refractivity contribution < 1.29 is 4.39 Å². The predicted molar refractivity (Wildman–Crippen MR) is 134 cm³/mol.